The van der Waals surface area contributed by atoms with Gasteiger partial charge in [0.15, 0.2) is 9.84 Å². The number of sulfone groups is 1. The molecule has 0 aliphatic carbocycles. The maximum atomic E-state index is 13.4. The Balaban J connectivity index is 1.68. The SMILES string of the molecule is C/C=C(/OC(C)CC)c1ccc(-c2cc(Oc3ccc(S(C)(=O)=O)cc3)cc(C(=O)N3CCOCC3)c2)[nH]1. The summed E-state index contributed by atoms with van der Waals surface area (Å²) in [5, 5.41) is 0. The summed E-state index contributed by atoms with van der Waals surface area (Å²) >= 11 is 0. The standard InChI is InChI=1S/C29H34N2O6S/c1-5-20(3)36-28(6-2)27-12-11-26(30-27)21-17-22(29(32)31-13-15-35-16-14-31)19-24(18-21)37-23-7-9-25(10-8-23)38(4,33)34/h6-12,17-20,30H,5,13-16H2,1-4H3/b28-6+. The largest absolute Gasteiger partial charge is 0.489 e. The Morgan fingerprint density at radius 1 is 1.08 bits per heavy atom. The predicted octanol–water partition coefficient (Wildman–Crippen LogP) is 5.53. The molecule has 1 aliphatic heterocycles. The van der Waals surface area contributed by atoms with Crippen molar-refractivity contribution in [2.45, 2.75) is 38.2 Å². The summed E-state index contributed by atoms with van der Waals surface area (Å²) in [4.78, 5) is 18.8. The van der Waals surface area contributed by atoms with Crippen LogP contribution in [0.3, 0.4) is 0 Å². The Hall–Kier alpha value is -3.56. The highest BCUT2D eigenvalue weighted by atomic mass is 32.2. The van der Waals surface area contributed by atoms with Crippen molar-refractivity contribution in [3.63, 3.8) is 0 Å². The Kier molecular flexibility index (Phi) is 8.58. The lowest BCUT2D eigenvalue weighted by atomic mass is 10.1. The van der Waals surface area contributed by atoms with Gasteiger partial charge in [-0.3, -0.25) is 4.79 Å². The van der Waals surface area contributed by atoms with Crippen LogP contribution in [0.25, 0.3) is 17.0 Å². The number of carbonyl (C=O) groups excluding carboxylic acids is 1. The number of aromatic nitrogens is 1. The van der Waals surface area contributed by atoms with Gasteiger partial charge in [-0.15, -0.1) is 0 Å². The highest BCUT2D eigenvalue weighted by Crippen LogP contribution is 2.31. The van der Waals surface area contributed by atoms with E-state index in [0.717, 1.165) is 35.4 Å². The number of H-pyrrole nitrogens is 1. The predicted molar refractivity (Wildman–Crippen MR) is 147 cm³/mol. The van der Waals surface area contributed by atoms with Crippen molar-refractivity contribution in [3.05, 3.63) is 71.9 Å². The minimum atomic E-state index is -3.32. The quantitative estimate of drug-likeness (QED) is 0.360. The van der Waals surface area contributed by atoms with Crippen molar-refractivity contribution in [2.24, 2.45) is 0 Å². The minimum Gasteiger partial charge on any atom is -0.489 e. The van der Waals surface area contributed by atoms with Crippen LogP contribution in [-0.4, -0.2) is 62.9 Å². The monoisotopic (exact) mass is 538 g/mol. The number of hydrogen-bond donors (Lipinski definition) is 1. The van der Waals surface area contributed by atoms with Gasteiger partial charge in [-0.2, -0.15) is 0 Å². The van der Waals surface area contributed by atoms with E-state index in [0.29, 0.717) is 43.4 Å². The van der Waals surface area contributed by atoms with E-state index in [1.165, 1.54) is 12.1 Å². The molecule has 0 bridgehead atoms. The average Bonchev–Trinajstić information content (AvgIpc) is 3.41. The summed E-state index contributed by atoms with van der Waals surface area (Å²) in [5.74, 6) is 1.58. The molecule has 1 atom stereocenters. The average molecular weight is 539 g/mol. The number of nitrogens with one attached hydrogen (secondary N) is 1. The Bertz CT molecular complexity index is 1400. The fraction of sp³-hybridized carbons (Fsp3) is 0.345. The number of aromatic amines is 1. The van der Waals surface area contributed by atoms with Crippen LogP contribution in [0.15, 0.2) is 65.6 Å². The van der Waals surface area contributed by atoms with Crippen molar-refractivity contribution in [2.75, 3.05) is 32.6 Å². The second-order valence-corrected chi connectivity index (χ2v) is 11.3. The van der Waals surface area contributed by atoms with Crippen LogP contribution in [0, 0.1) is 0 Å². The van der Waals surface area contributed by atoms with Crippen LogP contribution < -0.4 is 4.74 Å². The molecule has 1 aromatic heterocycles. The fourth-order valence-electron chi connectivity index (χ4n) is 4.07. The molecule has 9 heteroatoms. The zero-order valence-electron chi connectivity index (χ0n) is 22.2. The second-order valence-electron chi connectivity index (χ2n) is 9.27. The van der Waals surface area contributed by atoms with Gasteiger partial charge in [-0.05, 0) is 80.9 Å². The second kappa shape index (κ2) is 11.9. The Morgan fingerprint density at radius 3 is 2.42 bits per heavy atom. The molecule has 0 spiro atoms. The molecular weight excluding hydrogens is 504 g/mol. The van der Waals surface area contributed by atoms with Crippen molar-refractivity contribution in [1.82, 2.24) is 9.88 Å². The first-order valence-corrected chi connectivity index (χ1v) is 14.6. The minimum absolute atomic E-state index is 0.0801. The van der Waals surface area contributed by atoms with E-state index >= 15 is 0 Å². The molecule has 3 aromatic rings. The lowest BCUT2D eigenvalue weighted by molar-refractivity contribution is 0.0303. The van der Waals surface area contributed by atoms with Gasteiger partial charge in [0.2, 0.25) is 0 Å². The molecular formula is C29H34N2O6S. The van der Waals surface area contributed by atoms with E-state index in [1.807, 2.05) is 44.2 Å². The van der Waals surface area contributed by atoms with Gasteiger partial charge < -0.3 is 24.1 Å². The number of hydrogen-bond acceptors (Lipinski definition) is 6. The van der Waals surface area contributed by atoms with Gasteiger partial charge >= 0.3 is 0 Å². The maximum absolute atomic E-state index is 13.4. The van der Waals surface area contributed by atoms with Gasteiger partial charge in [-0.1, -0.05) is 6.92 Å². The normalized spacial score (nSPS) is 15.3. The number of ether oxygens (including phenoxy) is 3. The molecule has 1 saturated heterocycles. The van der Waals surface area contributed by atoms with Crippen molar-refractivity contribution < 1.29 is 27.4 Å². The van der Waals surface area contributed by atoms with Crippen LogP contribution in [0.2, 0.25) is 0 Å². The Morgan fingerprint density at radius 2 is 1.79 bits per heavy atom. The number of rotatable bonds is 9. The van der Waals surface area contributed by atoms with Gasteiger partial charge in [0, 0.05) is 36.2 Å². The van der Waals surface area contributed by atoms with E-state index in [-0.39, 0.29) is 16.9 Å². The zero-order valence-corrected chi connectivity index (χ0v) is 23.0. The molecule has 1 amide bonds. The van der Waals surface area contributed by atoms with Crippen molar-refractivity contribution >= 4 is 21.5 Å². The van der Waals surface area contributed by atoms with Gasteiger partial charge in [0.1, 0.15) is 17.3 Å². The van der Waals surface area contributed by atoms with Crippen LogP contribution >= 0.6 is 0 Å². The first-order valence-electron chi connectivity index (χ1n) is 12.7. The topological polar surface area (TPSA) is 97.9 Å². The van der Waals surface area contributed by atoms with Gasteiger partial charge in [0.25, 0.3) is 5.91 Å². The summed E-state index contributed by atoms with van der Waals surface area (Å²) in [7, 11) is -3.32. The lowest BCUT2D eigenvalue weighted by Gasteiger charge is -2.27. The highest BCUT2D eigenvalue weighted by Gasteiger charge is 2.21. The van der Waals surface area contributed by atoms with E-state index < -0.39 is 9.84 Å². The number of carbonyl (C=O) groups is 1. The summed E-state index contributed by atoms with van der Waals surface area (Å²) < 4.78 is 41.2. The number of allylic oxidation sites excluding steroid dienone is 1. The third-order valence-corrected chi connectivity index (χ3v) is 7.50. The molecule has 2 heterocycles. The molecule has 0 radical (unpaired) electrons. The van der Waals surface area contributed by atoms with E-state index in [1.54, 1.807) is 23.1 Å². The van der Waals surface area contributed by atoms with E-state index in [9.17, 15) is 13.2 Å². The molecule has 202 valence electrons. The molecule has 38 heavy (non-hydrogen) atoms. The lowest BCUT2D eigenvalue weighted by Crippen LogP contribution is -2.40. The highest BCUT2D eigenvalue weighted by molar-refractivity contribution is 7.90. The number of benzene rings is 2. The van der Waals surface area contributed by atoms with Crippen LogP contribution in [0.1, 0.15) is 43.2 Å². The number of nitrogens with zero attached hydrogens (tertiary/aromatic N) is 1. The molecule has 1 aliphatic rings. The fourth-order valence-corrected chi connectivity index (χ4v) is 4.70. The molecule has 1 fully saturated rings. The summed E-state index contributed by atoms with van der Waals surface area (Å²) in [6.07, 6.45) is 4.06. The third kappa shape index (κ3) is 6.65. The number of amides is 1. The first kappa shape index (κ1) is 27.5. The maximum Gasteiger partial charge on any atom is 0.254 e. The van der Waals surface area contributed by atoms with Crippen molar-refractivity contribution in [3.8, 4) is 22.8 Å². The van der Waals surface area contributed by atoms with E-state index in [2.05, 4.69) is 11.9 Å². The summed E-state index contributed by atoms with van der Waals surface area (Å²) in [6.45, 7) is 8.09. The first-order chi connectivity index (χ1) is 18.2. The van der Waals surface area contributed by atoms with Crippen LogP contribution in [-0.2, 0) is 19.3 Å². The van der Waals surface area contributed by atoms with Crippen LogP contribution in [0.5, 0.6) is 11.5 Å². The van der Waals surface area contributed by atoms with Gasteiger partial charge in [0.05, 0.1) is 29.9 Å². The third-order valence-electron chi connectivity index (χ3n) is 6.37. The van der Waals surface area contributed by atoms with Crippen molar-refractivity contribution in [1.29, 1.82) is 0 Å². The smallest absolute Gasteiger partial charge is 0.254 e. The number of morpholine rings is 1. The zero-order chi connectivity index (χ0) is 27.3. The molecule has 2 aromatic carbocycles. The van der Waals surface area contributed by atoms with Gasteiger partial charge in [-0.25, -0.2) is 8.42 Å². The molecule has 1 unspecified atom stereocenters. The molecule has 0 saturated carbocycles. The van der Waals surface area contributed by atoms with E-state index in [4.69, 9.17) is 14.2 Å². The molecule has 8 nitrogen and oxygen atoms in total. The summed E-state index contributed by atoms with van der Waals surface area (Å²) in [6, 6.07) is 15.5. The molecule has 1 N–H and O–H groups in total. The summed E-state index contributed by atoms with van der Waals surface area (Å²) in [5.41, 5.74) is 2.91. The molecule has 4 rings (SSSR count). The van der Waals surface area contributed by atoms with Crippen LogP contribution in [0.4, 0.5) is 0 Å². The Labute approximate surface area is 224 Å².